The molecule has 1 saturated carbocycles. The van der Waals surface area contributed by atoms with Crippen molar-refractivity contribution in [2.75, 3.05) is 0 Å². The van der Waals surface area contributed by atoms with E-state index in [0.717, 1.165) is 29.3 Å². The monoisotopic (exact) mass is 253 g/mol. The average molecular weight is 253 g/mol. The minimum absolute atomic E-state index is 0.140. The molecular weight excluding hydrogens is 234 g/mol. The zero-order valence-corrected chi connectivity index (χ0v) is 11.5. The van der Waals surface area contributed by atoms with E-state index in [0.29, 0.717) is 5.78 Å². The Morgan fingerprint density at radius 1 is 1.32 bits per heavy atom. The summed E-state index contributed by atoms with van der Waals surface area (Å²) in [4.78, 5) is 17.0. The van der Waals surface area contributed by atoms with E-state index in [1.807, 2.05) is 30.3 Å². The third-order valence-corrected chi connectivity index (χ3v) is 4.46. The predicted octanol–water partition coefficient (Wildman–Crippen LogP) is 4.24. The molecule has 1 heterocycles. The fraction of sp³-hybridized carbons (Fsp3) is 0.412. The van der Waals surface area contributed by atoms with E-state index in [9.17, 15) is 4.79 Å². The van der Waals surface area contributed by atoms with Gasteiger partial charge in [0.25, 0.3) is 0 Å². The number of carbonyl (C=O) groups is 1. The summed E-state index contributed by atoms with van der Waals surface area (Å²) in [5.74, 6) is 0.467. The van der Waals surface area contributed by atoms with Crippen molar-refractivity contribution in [1.82, 2.24) is 4.98 Å². The highest BCUT2D eigenvalue weighted by Gasteiger charge is 2.39. The van der Waals surface area contributed by atoms with Gasteiger partial charge in [0.2, 0.25) is 0 Å². The Hall–Kier alpha value is -1.70. The minimum atomic E-state index is 0.140. The summed E-state index contributed by atoms with van der Waals surface area (Å²) in [5, 5.41) is 1.05. The highest BCUT2D eigenvalue weighted by atomic mass is 16.1. The van der Waals surface area contributed by atoms with Crippen LogP contribution < -0.4 is 0 Å². The van der Waals surface area contributed by atoms with Crippen molar-refractivity contribution in [3.05, 3.63) is 42.1 Å². The number of carbonyl (C=O) groups excluding carboxylic acids is 1. The molecule has 19 heavy (non-hydrogen) atoms. The number of hydrogen-bond acceptors (Lipinski definition) is 2. The summed E-state index contributed by atoms with van der Waals surface area (Å²) in [6.45, 7) is 4.43. The third-order valence-electron chi connectivity index (χ3n) is 4.46. The average Bonchev–Trinajstić information content (AvgIpc) is 2.77. The van der Waals surface area contributed by atoms with Crippen LogP contribution in [-0.4, -0.2) is 10.8 Å². The molecule has 2 nitrogen and oxygen atoms in total. The molecule has 1 unspecified atom stereocenters. The molecule has 0 amide bonds. The van der Waals surface area contributed by atoms with Crippen molar-refractivity contribution < 1.29 is 4.79 Å². The Balaban J connectivity index is 1.98. The largest absolute Gasteiger partial charge is 0.294 e. The maximum atomic E-state index is 12.7. The van der Waals surface area contributed by atoms with Gasteiger partial charge in [0.05, 0.1) is 5.52 Å². The number of pyridine rings is 1. The van der Waals surface area contributed by atoms with E-state index in [2.05, 4.69) is 18.8 Å². The lowest BCUT2D eigenvalue weighted by molar-refractivity contribution is 0.0839. The molecule has 0 N–H and O–H groups in total. The van der Waals surface area contributed by atoms with E-state index in [-0.39, 0.29) is 11.3 Å². The summed E-state index contributed by atoms with van der Waals surface area (Å²) in [5.41, 5.74) is 1.92. The predicted molar refractivity (Wildman–Crippen MR) is 77.2 cm³/mol. The molecule has 0 bridgehead atoms. The number of rotatable bonds is 2. The van der Waals surface area contributed by atoms with Gasteiger partial charge < -0.3 is 0 Å². The van der Waals surface area contributed by atoms with Crippen LogP contribution in [0.25, 0.3) is 10.9 Å². The molecule has 0 saturated heterocycles. The van der Waals surface area contributed by atoms with Gasteiger partial charge in [0.15, 0.2) is 5.78 Å². The van der Waals surface area contributed by atoms with Crippen LogP contribution in [0.5, 0.6) is 0 Å². The Labute approximate surface area is 113 Å². The van der Waals surface area contributed by atoms with Gasteiger partial charge in [-0.25, -0.2) is 0 Å². The van der Waals surface area contributed by atoms with Crippen molar-refractivity contribution in [2.45, 2.75) is 33.1 Å². The number of benzene rings is 1. The Morgan fingerprint density at radius 3 is 2.89 bits per heavy atom. The number of ketones is 1. The molecule has 1 aromatic heterocycles. The molecule has 1 fully saturated rings. The fourth-order valence-electron chi connectivity index (χ4n) is 3.24. The molecular formula is C17H19NO. The second-order valence-corrected chi connectivity index (χ2v) is 6.21. The second-order valence-electron chi connectivity index (χ2n) is 6.21. The highest BCUT2D eigenvalue weighted by molar-refractivity contribution is 6.01. The van der Waals surface area contributed by atoms with E-state index < -0.39 is 0 Å². The lowest BCUT2D eigenvalue weighted by Crippen LogP contribution is -2.25. The van der Waals surface area contributed by atoms with E-state index in [1.54, 1.807) is 6.20 Å². The van der Waals surface area contributed by atoms with Crippen molar-refractivity contribution in [2.24, 2.45) is 11.3 Å². The van der Waals surface area contributed by atoms with Gasteiger partial charge in [0, 0.05) is 23.1 Å². The second kappa shape index (κ2) is 4.44. The van der Waals surface area contributed by atoms with Crippen LogP contribution in [0.4, 0.5) is 0 Å². The molecule has 1 aliphatic rings. The van der Waals surface area contributed by atoms with Gasteiger partial charge in [-0.3, -0.25) is 9.78 Å². The zero-order chi connectivity index (χ0) is 13.5. The lowest BCUT2D eigenvalue weighted by Gasteiger charge is -2.25. The standard InChI is InChI=1S/C17H19NO/c1-17(2)9-3-6-14(17)16(19)13-7-8-15-12(11-13)5-4-10-18-15/h4-5,7-8,10-11,14H,3,6,9H2,1-2H3. The molecule has 98 valence electrons. The van der Waals surface area contributed by atoms with E-state index in [1.165, 1.54) is 6.42 Å². The topological polar surface area (TPSA) is 30.0 Å². The SMILES string of the molecule is CC1(C)CCCC1C(=O)c1ccc2ncccc2c1. The van der Waals surface area contributed by atoms with Gasteiger partial charge in [-0.05, 0) is 42.5 Å². The normalized spacial score (nSPS) is 21.7. The number of nitrogens with zero attached hydrogens (tertiary/aromatic N) is 1. The summed E-state index contributed by atoms with van der Waals surface area (Å²) < 4.78 is 0. The molecule has 0 aliphatic heterocycles. The van der Waals surface area contributed by atoms with Crippen LogP contribution in [-0.2, 0) is 0 Å². The Morgan fingerprint density at radius 2 is 2.16 bits per heavy atom. The smallest absolute Gasteiger partial charge is 0.166 e. The van der Waals surface area contributed by atoms with Gasteiger partial charge in [-0.2, -0.15) is 0 Å². The van der Waals surface area contributed by atoms with Crippen molar-refractivity contribution in [3.8, 4) is 0 Å². The molecule has 1 aliphatic carbocycles. The summed E-state index contributed by atoms with van der Waals surface area (Å²) in [6, 6.07) is 9.78. The molecule has 2 aromatic rings. The van der Waals surface area contributed by atoms with E-state index in [4.69, 9.17) is 0 Å². The van der Waals surface area contributed by atoms with Gasteiger partial charge in [-0.1, -0.05) is 26.3 Å². The fourth-order valence-corrected chi connectivity index (χ4v) is 3.24. The first-order valence-electron chi connectivity index (χ1n) is 6.97. The Kier molecular flexibility index (Phi) is 2.89. The molecule has 1 atom stereocenters. The van der Waals surface area contributed by atoms with Crippen LogP contribution in [0, 0.1) is 11.3 Å². The summed E-state index contributed by atoms with van der Waals surface area (Å²) in [6.07, 6.45) is 5.12. The molecule has 3 rings (SSSR count). The molecule has 2 heteroatoms. The maximum absolute atomic E-state index is 12.7. The van der Waals surface area contributed by atoms with Gasteiger partial charge >= 0.3 is 0 Å². The van der Waals surface area contributed by atoms with Crippen LogP contribution in [0.3, 0.4) is 0 Å². The number of Topliss-reactive ketones (excluding diaryl/α,β-unsaturated/α-hetero) is 1. The Bertz CT molecular complexity index is 630. The van der Waals surface area contributed by atoms with Gasteiger partial charge in [-0.15, -0.1) is 0 Å². The first-order valence-corrected chi connectivity index (χ1v) is 6.97. The third kappa shape index (κ3) is 2.16. The first-order chi connectivity index (χ1) is 9.08. The quantitative estimate of drug-likeness (QED) is 0.749. The maximum Gasteiger partial charge on any atom is 0.166 e. The summed E-state index contributed by atoms with van der Waals surface area (Å²) >= 11 is 0. The highest BCUT2D eigenvalue weighted by Crippen LogP contribution is 2.44. The van der Waals surface area contributed by atoms with Crippen molar-refractivity contribution >= 4 is 16.7 Å². The molecule has 0 radical (unpaired) electrons. The summed E-state index contributed by atoms with van der Waals surface area (Å²) in [7, 11) is 0. The van der Waals surface area contributed by atoms with Crippen LogP contribution in [0.1, 0.15) is 43.5 Å². The minimum Gasteiger partial charge on any atom is -0.294 e. The van der Waals surface area contributed by atoms with Crippen molar-refractivity contribution in [1.29, 1.82) is 0 Å². The van der Waals surface area contributed by atoms with Gasteiger partial charge in [0.1, 0.15) is 0 Å². The van der Waals surface area contributed by atoms with Crippen LogP contribution in [0.2, 0.25) is 0 Å². The van der Waals surface area contributed by atoms with Crippen molar-refractivity contribution in [3.63, 3.8) is 0 Å². The first kappa shape index (κ1) is 12.3. The van der Waals surface area contributed by atoms with Crippen LogP contribution in [0.15, 0.2) is 36.5 Å². The molecule has 1 aromatic carbocycles. The number of aromatic nitrogens is 1. The zero-order valence-electron chi connectivity index (χ0n) is 11.5. The lowest BCUT2D eigenvalue weighted by atomic mass is 9.77. The van der Waals surface area contributed by atoms with E-state index >= 15 is 0 Å². The number of hydrogen-bond donors (Lipinski definition) is 0. The number of fused-ring (bicyclic) bond motifs is 1. The van der Waals surface area contributed by atoms with Crippen LogP contribution >= 0.6 is 0 Å². The molecule has 0 spiro atoms.